The molecule has 0 aromatic carbocycles. The molecule has 0 amide bonds. The number of hydrogen-bond donors (Lipinski definition) is 1. The summed E-state index contributed by atoms with van der Waals surface area (Å²) in [6, 6.07) is 0. The molecule has 1 aliphatic carbocycles. The molecule has 0 bridgehead atoms. The molecule has 0 spiro atoms. The Kier molecular flexibility index (Phi) is 6.48. The van der Waals surface area contributed by atoms with Gasteiger partial charge in [-0.3, -0.25) is 4.90 Å². The normalized spacial score (nSPS) is 23.8. The fraction of sp³-hybridized carbons (Fsp3) is 0.733. The van der Waals surface area contributed by atoms with Gasteiger partial charge in [0.2, 0.25) is 0 Å². The molecule has 1 heterocycles. The second kappa shape index (κ2) is 8.36. The first-order valence-corrected chi connectivity index (χ1v) is 7.58. The Morgan fingerprint density at radius 3 is 2.62 bits per heavy atom. The van der Waals surface area contributed by atoms with Crippen molar-refractivity contribution in [2.45, 2.75) is 12.6 Å². The molecule has 2 aliphatic rings. The second-order valence-electron chi connectivity index (χ2n) is 5.35. The van der Waals surface area contributed by atoms with E-state index in [2.05, 4.69) is 9.80 Å². The summed E-state index contributed by atoms with van der Waals surface area (Å²) < 4.78 is 24.8. The maximum Gasteiger partial charge on any atom is 0.147 e. The molecule has 1 saturated heterocycles. The topological polar surface area (TPSA) is 51.0 Å². The quantitative estimate of drug-likeness (QED) is 0.703. The summed E-state index contributed by atoms with van der Waals surface area (Å²) in [7, 11) is 1.62. The zero-order valence-corrected chi connectivity index (χ0v) is 12.8. The maximum absolute atomic E-state index is 14.3. The summed E-state index contributed by atoms with van der Waals surface area (Å²) in [5.74, 6) is 0.699. The lowest BCUT2D eigenvalue weighted by atomic mass is 10.1. The number of allylic oxidation sites excluding steroid dienone is 4. The summed E-state index contributed by atoms with van der Waals surface area (Å²) in [5, 5.41) is 0. The van der Waals surface area contributed by atoms with E-state index >= 15 is 0 Å². The van der Waals surface area contributed by atoms with Crippen LogP contribution in [0, 0.1) is 0 Å². The summed E-state index contributed by atoms with van der Waals surface area (Å²) in [6.07, 6.45) is 3.08. The first kappa shape index (κ1) is 16.3. The summed E-state index contributed by atoms with van der Waals surface area (Å²) >= 11 is 0. The van der Waals surface area contributed by atoms with Crippen LogP contribution in [0.4, 0.5) is 4.39 Å². The van der Waals surface area contributed by atoms with Gasteiger partial charge in [0.1, 0.15) is 12.8 Å². The van der Waals surface area contributed by atoms with Crippen molar-refractivity contribution in [1.82, 2.24) is 9.80 Å². The molecule has 120 valence electrons. The number of nitrogens with zero attached hydrogens (tertiary/aromatic N) is 2. The van der Waals surface area contributed by atoms with Crippen molar-refractivity contribution >= 4 is 0 Å². The Bertz CT molecular complexity index is 379. The van der Waals surface area contributed by atoms with Gasteiger partial charge in [-0.15, -0.1) is 0 Å². The fourth-order valence-corrected chi connectivity index (χ4v) is 2.71. The molecular weight excluding hydrogens is 273 g/mol. The highest BCUT2D eigenvalue weighted by atomic mass is 19.1. The third kappa shape index (κ3) is 4.69. The van der Waals surface area contributed by atoms with Crippen LogP contribution in [0.5, 0.6) is 0 Å². The zero-order valence-electron chi connectivity index (χ0n) is 12.8. The minimum absolute atomic E-state index is 0.318. The van der Waals surface area contributed by atoms with Crippen LogP contribution < -0.4 is 5.73 Å². The average Bonchev–Trinajstić information content (AvgIpc) is 2.49. The molecule has 5 nitrogen and oxygen atoms in total. The number of ether oxygens (including phenoxy) is 2. The molecule has 0 radical (unpaired) electrons. The highest BCUT2D eigenvalue weighted by Gasteiger charge is 2.26. The first-order chi connectivity index (χ1) is 10.2. The van der Waals surface area contributed by atoms with Crippen LogP contribution in [-0.2, 0) is 9.47 Å². The van der Waals surface area contributed by atoms with Gasteiger partial charge in [-0.2, -0.15) is 0 Å². The minimum atomic E-state index is -0.978. The van der Waals surface area contributed by atoms with Gasteiger partial charge in [0.15, 0.2) is 0 Å². The van der Waals surface area contributed by atoms with Crippen LogP contribution in [0.25, 0.3) is 0 Å². The van der Waals surface area contributed by atoms with Crippen molar-refractivity contribution in [2.24, 2.45) is 5.73 Å². The van der Waals surface area contributed by atoms with E-state index in [-0.39, 0.29) is 0 Å². The van der Waals surface area contributed by atoms with Gasteiger partial charge in [0, 0.05) is 58.5 Å². The molecule has 1 unspecified atom stereocenters. The van der Waals surface area contributed by atoms with Gasteiger partial charge < -0.3 is 20.1 Å². The highest BCUT2D eigenvalue weighted by Crippen LogP contribution is 2.26. The number of hydrogen-bond acceptors (Lipinski definition) is 5. The van der Waals surface area contributed by atoms with Crippen LogP contribution in [0.3, 0.4) is 0 Å². The summed E-state index contributed by atoms with van der Waals surface area (Å²) in [6.45, 7) is 6.21. The smallest absolute Gasteiger partial charge is 0.147 e. The van der Waals surface area contributed by atoms with Gasteiger partial charge in [0.05, 0.1) is 12.4 Å². The molecule has 1 fully saturated rings. The van der Waals surface area contributed by atoms with E-state index in [1.54, 1.807) is 7.11 Å². The van der Waals surface area contributed by atoms with Gasteiger partial charge >= 0.3 is 0 Å². The van der Waals surface area contributed by atoms with Crippen LogP contribution in [-0.4, -0.2) is 75.6 Å². The molecule has 21 heavy (non-hydrogen) atoms. The summed E-state index contributed by atoms with van der Waals surface area (Å²) in [4.78, 5) is 4.46. The molecule has 1 aliphatic heterocycles. The fourth-order valence-electron chi connectivity index (χ4n) is 2.71. The van der Waals surface area contributed by atoms with E-state index in [0.29, 0.717) is 31.9 Å². The molecule has 0 aromatic rings. The minimum Gasteiger partial charge on any atom is -0.495 e. The number of alkyl halides is 1. The third-order valence-corrected chi connectivity index (χ3v) is 3.90. The molecule has 0 aromatic heterocycles. The van der Waals surface area contributed by atoms with Gasteiger partial charge in [-0.05, 0) is 12.2 Å². The van der Waals surface area contributed by atoms with Crippen LogP contribution in [0.2, 0.25) is 0 Å². The Morgan fingerprint density at radius 2 is 2.00 bits per heavy atom. The molecule has 0 saturated carbocycles. The van der Waals surface area contributed by atoms with Gasteiger partial charge in [0.25, 0.3) is 0 Å². The monoisotopic (exact) mass is 299 g/mol. The van der Waals surface area contributed by atoms with Crippen molar-refractivity contribution in [3.63, 3.8) is 0 Å². The number of methoxy groups -OCH3 is 1. The first-order valence-electron chi connectivity index (χ1n) is 7.58. The van der Waals surface area contributed by atoms with E-state index in [0.717, 1.165) is 38.4 Å². The van der Waals surface area contributed by atoms with E-state index in [1.807, 2.05) is 12.2 Å². The van der Waals surface area contributed by atoms with E-state index in [9.17, 15) is 4.39 Å². The average molecular weight is 299 g/mol. The number of halogens is 1. The van der Waals surface area contributed by atoms with E-state index < -0.39 is 6.17 Å². The molecular formula is C15H26FN3O2. The van der Waals surface area contributed by atoms with Crippen molar-refractivity contribution in [3.05, 3.63) is 23.6 Å². The van der Waals surface area contributed by atoms with E-state index in [1.165, 1.54) is 0 Å². The molecule has 2 rings (SSSR count). The summed E-state index contributed by atoms with van der Waals surface area (Å²) in [5.41, 5.74) is 6.35. The number of piperazine rings is 1. The molecule has 1 atom stereocenters. The SMILES string of the molecule is COCCOC1=CC=C(N2CCN(CCN)CC2)C(F)C1. The van der Waals surface area contributed by atoms with Crippen LogP contribution >= 0.6 is 0 Å². The van der Waals surface area contributed by atoms with Crippen molar-refractivity contribution in [1.29, 1.82) is 0 Å². The van der Waals surface area contributed by atoms with Crippen LogP contribution in [0.1, 0.15) is 6.42 Å². The van der Waals surface area contributed by atoms with Crippen molar-refractivity contribution in [2.75, 3.05) is 59.6 Å². The second-order valence-corrected chi connectivity index (χ2v) is 5.35. The Balaban J connectivity index is 1.85. The van der Waals surface area contributed by atoms with Crippen molar-refractivity contribution in [3.8, 4) is 0 Å². The number of nitrogens with two attached hydrogens (primary N) is 1. The Morgan fingerprint density at radius 1 is 1.24 bits per heavy atom. The number of rotatable bonds is 7. The highest BCUT2D eigenvalue weighted by molar-refractivity contribution is 5.25. The van der Waals surface area contributed by atoms with E-state index in [4.69, 9.17) is 15.2 Å². The lowest BCUT2D eigenvalue weighted by Gasteiger charge is -2.38. The zero-order chi connectivity index (χ0) is 15.1. The Labute approximate surface area is 126 Å². The maximum atomic E-state index is 14.3. The van der Waals surface area contributed by atoms with Crippen LogP contribution in [0.15, 0.2) is 23.6 Å². The molecule has 6 heteroatoms. The largest absolute Gasteiger partial charge is 0.495 e. The lowest BCUT2D eigenvalue weighted by Crippen LogP contribution is -2.48. The van der Waals surface area contributed by atoms with Crippen molar-refractivity contribution < 1.29 is 13.9 Å². The van der Waals surface area contributed by atoms with Gasteiger partial charge in [-0.1, -0.05) is 0 Å². The predicted molar refractivity (Wildman–Crippen MR) is 80.6 cm³/mol. The predicted octanol–water partition coefficient (Wildman–Crippen LogP) is 0.735. The Hall–Kier alpha value is -1.11. The molecule has 2 N–H and O–H groups in total. The standard InChI is InChI=1S/C15H26FN3O2/c1-20-10-11-21-13-2-3-15(14(16)12-13)19-8-6-18(5-4-17)7-9-19/h2-3,14H,4-12,17H2,1H3. The lowest BCUT2D eigenvalue weighted by molar-refractivity contribution is 0.0957. The van der Waals surface area contributed by atoms with Gasteiger partial charge in [-0.25, -0.2) is 4.39 Å². The third-order valence-electron chi connectivity index (χ3n) is 3.90.